The van der Waals surface area contributed by atoms with E-state index < -0.39 is 0 Å². The van der Waals surface area contributed by atoms with E-state index in [1.807, 2.05) is 26.8 Å². The van der Waals surface area contributed by atoms with Crippen molar-refractivity contribution in [1.82, 2.24) is 25.7 Å². The number of benzene rings is 1. The second kappa shape index (κ2) is 8.51. The van der Waals surface area contributed by atoms with Crippen LogP contribution in [0.25, 0.3) is 22.4 Å². The van der Waals surface area contributed by atoms with Gasteiger partial charge >= 0.3 is 0 Å². The molecule has 32 heavy (non-hydrogen) atoms. The second-order valence-electron chi connectivity index (χ2n) is 8.72. The molecule has 1 unspecified atom stereocenters. The Morgan fingerprint density at radius 3 is 2.56 bits per heavy atom. The van der Waals surface area contributed by atoms with Crippen LogP contribution in [0, 0.1) is 0 Å². The van der Waals surface area contributed by atoms with E-state index in [0.29, 0.717) is 29.5 Å². The van der Waals surface area contributed by atoms with Gasteiger partial charge in [0.1, 0.15) is 5.75 Å². The van der Waals surface area contributed by atoms with E-state index in [9.17, 15) is 9.90 Å². The molecule has 1 saturated heterocycles. The summed E-state index contributed by atoms with van der Waals surface area (Å²) in [5, 5.41) is 30.2. The first-order valence-electron chi connectivity index (χ1n) is 10.4. The number of nitrogens with zero attached hydrogens (tertiary/aromatic N) is 5. The van der Waals surface area contributed by atoms with Crippen molar-refractivity contribution in [3.63, 3.8) is 0 Å². The lowest BCUT2D eigenvalue weighted by molar-refractivity contribution is -0.119. The van der Waals surface area contributed by atoms with Gasteiger partial charge in [-0.2, -0.15) is 5.10 Å². The van der Waals surface area contributed by atoms with E-state index in [1.165, 1.54) is 7.11 Å². The minimum Gasteiger partial charge on any atom is -0.507 e. The van der Waals surface area contributed by atoms with Crippen molar-refractivity contribution in [2.75, 3.05) is 18.6 Å². The maximum atomic E-state index is 12.7. The summed E-state index contributed by atoms with van der Waals surface area (Å²) >= 11 is 0. The van der Waals surface area contributed by atoms with E-state index >= 15 is 0 Å². The zero-order chi connectivity index (χ0) is 22.9. The van der Waals surface area contributed by atoms with Crippen LogP contribution >= 0.6 is 0 Å². The van der Waals surface area contributed by atoms with Gasteiger partial charge in [-0.1, -0.05) is 6.07 Å². The van der Waals surface area contributed by atoms with Crippen molar-refractivity contribution in [3.05, 3.63) is 42.6 Å². The van der Waals surface area contributed by atoms with Crippen molar-refractivity contribution >= 4 is 11.7 Å². The first-order valence-corrected chi connectivity index (χ1v) is 10.4. The molecular formula is C23H26N6O3. The largest absolute Gasteiger partial charge is 0.507 e. The predicted molar refractivity (Wildman–Crippen MR) is 120 cm³/mol. The highest BCUT2D eigenvalue weighted by Crippen LogP contribution is 2.33. The summed E-state index contributed by atoms with van der Waals surface area (Å²) in [6, 6.07) is 10.3. The number of hydrogen-bond donors (Lipinski definition) is 2. The molecular weight excluding hydrogens is 408 g/mol. The third kappa shape index (κ3) is 4.52. The van der Waals surface area contributed by atoms with Crippen molar-refractivity contribution in [3.8, 4) is 34.0 Å². The number of ether oxygens (including phenoxy) is 1. The van der Waals surface area contributed by atoms with Crippen molar-refractivity contribution in [2.45, 2.75) is 38.8 Å². The third-order valence-electron chi connectivity index (χ3n) is 5.19. The Balaban J connectivity index is 1.53. The molecule has 0 aliphatic carbocycles. The number of aromatic nitrogens is 4. The molecule has 1 fully saturated rings. The van der Waals surface area contributed by atoms with Crippen LogP contribution in [0.4, 0.5) is 5.82 Å². The molecule has 2 aromatic heterocycles. The van der Waals surface area contributed by atoms with Crippen LogP contribution in [0.5, 0.6) is 11.6 Å². The maximum absolute atomic E-state index is 12.7. The van der Waals surface area contributed by atoms with Crippen LogP contribution < -0.4 is 15.0 Å². The Hall–Kier alpha value is -3.59. The minimum absolute atomic E-state index is 0.00411. The van der Waals surface area contributed by atoms with Gasteiger partial charge in [0.2, 0.25) is 11.8 Å². The van der Waals surface area contributed by atoms with Gasteiger partial charge in [-0.3, -0.25) is 9.69 Å². The Kier molecular flexibility index (Phi) is 5.75. The molecule has 1 aliphatic heterocycles. The molecule has 3 aromatic rings. The molecule has 166 valence electrons. The summed E-state index contributed by atoms with van der Waals surface area (Å²) < 4.78 is 5.10. The second-order valence-corrected chi connectivity index (χ2v) is 8.72. The smallest absolute Gasteiger partial charge is 0.245 e. The van der Waals surface area contributed by atoms with Crippen LogP contribution in [-0.2, 0) is 4.79 Å². The number of aromatic hydroxyl groups is 1. The average Bonchev–Trinajstić information content (AvgIpc) is 3.12. The van der Waals surface area contributed by atoms with Gasteiger partial charge in [-0.05, 0) is 57.0 Å². The quantitative estimate of drug-likeness (QED) is 0.630. The van der Waals surface area contributed by atoms with Crippen molar-refractivity contribution in [2.24, 2.45) is 0 Å². The summed E-state index contributed by atoms with van der Waals surface area (Å²) in [5.41, 5.74) is 2.45. The third-order valence-corrected chi connectivity index (χ3v) is 5.19. The summed E-state index contributed by atoms with van der Waals surface area (Å²) in [6.45, 7) is 6.70. The van der Waals surface area contributed by atoms with Gasteiger partial charge in [0.25, 0.3) is 0 Å². The fourth-order valence-electron chi connectivity index (χ4n) is 3.71. The topological polar surface area (TPSA) is 113 Å². The molecule has 0 radical (unpaired) electrons. The fraction of sp³-hybridized carbons (Fsp3) is 0.348. The monoisotopic (exact) mass is 434 g/mol. The summed E-state index contributed by atoms with van der Waals surface area (Å²) in [5.74, 6) is 0.953. The van der Waals surface area contributed by atoms with Crippen molar-refractivity contribution in [1.29, 1.82) is 0 Å². The van der Waals surface area contributed by atoms with Crippen LogP contribution in [0.15, 0.2) is 42.6 Å². The van der Waals surface area contributed by atoms with Crippen molar-refractivity contribution < 1.29 is 14.6 Å². The highest BCUT2D eigenvalue weighted by molar-refractivity contribution is 5.98. The summed E-state index contributed by atoms with van der Waals surface area (Å²) in [6.07, 6.45) is 2.32. The Morgan fingerprint density at radius 1 is 1.09 bits per heavy atom. The number of nitrogens with one attached hydrogen (secondary N) is 1. The molecule has 1 aliphatic rings. The van der Waals surface area contributed by atoms with Crippen LogP contribution in [-0.4, -0.2) is 56.6 Å². The lowest BCUT2D eigenvalue weighted by atomic mass is 10.0. The van der Waals surface area contributed by atoms with Gasteiger partial charge in [-0.25, -0.2) is 0 Å². The van der Waals surface area contributed by atoms with Gasteiger partial charge in [0, 0.05) is 29.3 Å². The molecule has 0 spiro atoms. The van der Waals surface area contributed by atoms with E-state index in [4.69, 9.17) is 4.74 Å². The first kappa shape index (κ1) is 21.6. The van der Waals surface area contributed by atoms with Crippen LogP contribution in [0.1, 0.15) is 27.2 Å². The lowest BCUT2D eigenvalue weighted by Gasteiger charge is -2.25. The van der Waals surface area contributed by atoms with E-state index in [2.05, 4.69) is 25.7 Å². The Morgan fingerprint density at radius 2 is 1.91 bits per heavy atom. The van der Waals surface area contributed by atoms with Gasteiger partial charge < -0.3 is 15.2 Å². The SMILES string of the molecule is COc1cc(-c2ccc(-c3ccc(N4CCC(NC(C)(C)C)C4=O)nn3)c(O)c2)cnn1. The molecule has 9 heteroatoms. The predicted octanol–water partition coefficient (Wildman–Crippen LogP) is 2.81. The van der Waals surface area contributed by atoms with Gasteiger partial charge in [0.05, 0.1) is 25.0 Å². The number of phenols is 1. The number of hydrogen-bond acceptors (Lipinski definition) is 8. The number of amides is 1. The summed E-state index contributed by atoms with van der Waals surface area (Å²) in [4.78, 5) is 14.4. The molecule has 4 rings (SSSR count). The first-order chi connectivity index (χ1) is 15.2. The molecule has 1 atom stereocenters. The standard InChI is InChI=1S/C23H26N6O3/c1-23(2,3)25-18-9-10-29(22(18)31)20-8-7-17(26-27-20)16-6-5-14(11-19(16)30)15-12-21(32-4)28-24-13-15/h5-8,11-13,18,25,30H,9-10H2,1-4H3. The van der Waals surface area contributed by atoms with Crippen LogP contribution in [0.2, 0.25) is 0 Å². The zero-order valence-electron chi connectivity index (χ0n) is 18.5. The molecule has 1 amide bonds. The maximum Gasteiger partial charge on any atom is 0.245 e. The number of carbonyl (C=O) groups is 1. The van der Waals surface area contributed by atoms with Gasteiger partial charge in [-0.15, -0.1) is 15.3 Å². The number of anilines is 1. The number of carbonyl (C=O) groups excluding carboxylic acids is 1. The summed E-state index contributed by atoms with van der Waals surface area (Å²) in [7, 11) is 1.52. The van der Waals surface area contributed by atoms with E-state index in [1.54, 1.807) is 41.4 Å². The molecule has 0 bridgehead atoms. The van der Waals surface area contributed by atoms with E-state index in [-0.39, 0.29) is 23.2 Å². The van der Waals surface area contributed by atoms with Gasteiger partial charge in [0.15, 0.2) is 5.82 Å². The average molecular weight is 435 g/mol. The molecule has 2 N–H and O–H groups in total. The highest BCUT2D eigenvalue weighted by atomic mass is 16.5. The highest BCUT2D eigenvalue weighted by Gasteiger charge is 2.35. The molecule has 0 saturated carbocycles. The Bertz CT molecular complexity index is 1130. The lowest BCUT2D eigenvalue weighted by Crippen LogP contribution is -2.47. The number of phenolic OH excluding ortho intramolecular Hbond substituents is 1. The number of methoxy groups -OCH3 is 1. The van der Waals surface area contributed by atoms with Crippen LogP contribution in [0.3, 0.4) is 0 Å². The Labute approximate surface area is 186 Å². The molecule has 3 heterocycles. The molecule has 1 aromatic carbocycles. The number of rotatable bonds is 5. The normalized spacial score (nSPS) is 16.4. The minimum atomic E-state index is -0.227. The molecule has 9 nitrogen and oxygen atoms in total. The van der Waals surface area contributed by atoms with E-state index in [0.717, 1.165) is 17.5 Å². The zero-order valence-corrected chi connectivity index (χ0v) is 18.5. The fourth-order valence-corrected chi connectivity index (χ4v) is 3.71.